The van der Waals surface area contributed by atoms with Crippen LogP contribution >= 0.6 is 0 Å². The summed E-state index contributed by atoms with van der Waals surface area (Å²) in [5, 5.41) is 0. The smallest absolute Gasteiger partial charge is 0.119 e. The second-order valence-corrected chi connectivity index (χ2v) is 4.25. The van der Waals surface area contributed by atoms with Crippen molar-refractivity contribution in [2.24, 2.45) is 0 Å². The number of ether oxygens (including phenoxy) is 2. The van der Waals surface area contributed by atoms with Gasteiger partial charge in [0, 0.05) is 0 Å². The Morgan fingerprint density at radius 1 is 1.21 bits per heavy atom. The van der Waals surface area contributed by atoms with Gasteiger partial charge in [-0.1, -0.05) is 12.1 Å². The third kappa shape index (κ3) is 3.79. The number of hydrogen-bond donors (Lipinski definition) is 0. The Bertz CT molecular complexity index is 287. The molecule has 0 radical (unpaired) electrons. The molecule has 0 bridgehead atoms. The van der Waals surface area contributed by atoms with Gasteiger partial charge >= 0.3 is 0 Å². The van der Waals surface area contributed by atoms with Crippen LogP contribution in [-0.2, 0) is 11.3 Å². The van der Waals surface area contributed by atoms with Crippen LogP contribution in [0.15, 0.2) is 24.3 Å². The minimum atomic E-state index is -0.0942. The first-order valence-corrected chi connectivity index (χ1v) is 4.78. The van der Waals surface area contributed by atoms with E-state index in [9.17, 15) is 0 Å². The van der Waals surface area contributed by atoms with Crippen molar-refractivity contribution in [3.63, 3.8) is 0 Å². The van der Waals surface area contributed by atoms with Gasteiger partial charge in [-0.05, 0) is 38.5 Å². The molecule has 0 saturated carbocycles. The molecule has 0 aliphatic heterocycles. The monoisotopic (exact) mass is 194 g/mol. The van der Waals surface area contributed by atoms with Crippen LogP contribution in [0.25, 0.3) is 0 Å². The number of benzene rings is 1. The zero-order chi connectivity index (χ0) is 10.6. The molecule has 78 valence electrons. The van der Waals surface area contributed by atoms with Gasteiger partial charge in [0.05, 0.1) is 19.3 Å². The summed E-state index contributed by atoms with van der Waals surface area (Å²) < 4.78 is 10.8. The molecule has 2 nitrogen and oxygen atoms in total. The van der Waals surface area contributed by atoms with Crippen LogP contribution in [0.1, 0.15) is 26.3 Å². The maximum atomic E-state index is 5.66. The Hall–Kier alpha value is -1.02. The molecule has 0 amide bonds. The molecular weight excluding hydrogens is 176 g/mol. The van der Waals surface area contributed by atoms with Crippen LogP contribution in [0.2, 0.25) is 0 Å². The molecule has 1 aromatic rings. The largest absolute Gasteiger partial charge is 0.497 e. The fourth-order valence-corrected chi connectivity index (χ4v) is 1.06. The van der Waals surface area contributed by atoms with Gasteiger partial charge in [-0.3, -0.25) is 0 Å². The minimum absolute atomic E-state index is 0.0942. The summed E-state index contributed by atoms with van der Waals surface area (Å²) in [4.78, 5) is 0. The van der Waals surface area contributed by atoms with E-state index < -0.39 is 0 Å². The first kappa shape index (κ1) is 11.1. The zero-order valence-electron chi connectivity index (χ0n) is 9.33. The van der Waals surface area contributed by atoms with Gasteiger partial charge in [-0.15, -0.1) is 0 Å². The molecule has 2 heteroatoms. The molecule has 14 heavy (non-hydrogen) atoms. The molecule has 0 unspecified atom stereocenters. The molecule has 1 aromatic carbocycles. The molecule has 0 aliphatic rings. The third-order valence-corrected chi connectivity index (χ3v) is 1.81. The summed E-state index contributed by atoms with van der Waals surface area (Å²) in [5.41, 5.74) is 1.04. The van der Waals surface area contributed by atoms with Crippen LogP contribution in [0.5, 0.6) is 5.75 Å². The maximum Gasteiger partial charge on any atom is 0.119 e. The van der Waals surface area contributed by atoms with Crippen molar-refractivity contribution in [2.75, 3.05) is 7.11 Å². The van der Waals surface area contributed by atoms with Crippen LogP contribution in [0, 0.1) is 0 Å². The van der Waals surface area contributed by atoms with Crippen molar-refractivity contribution in [1.82, 2.24) is 0 Å². The molecule has 0 N–H and O–H groups in total. The second kappa shape index (κ2) is 4.47. The van der Waals surface area contributed by atoms with Crippen molar-refractivity contribution in [3.05, 3.63) is 29.8 Å². The number of methoxy groups -OCH3 is 1. The molecule has 0 spiro atoms. The highest BCUT2D eigenvalue weighted by molar-refractivity contribution is 5.27. The van der Waals surface area contributed by atoms with Crippen molar-refractivity contribution >= 4 is 0 Å². The van der Waals surface area contributed by atoms with Gasteiger partial charge in [0.25, 0.3) is 0 Å². The highest BCUT2D eigenvalue weighted by Gasteiger charge is 2.09. The van der Waals surface area contributed by atoms with Gasteiger partial charge in [0.2, 0.25) is 0 Å². The third-order valence-electron chi connectivity index (χ3n) is 1.81. The van der Waals surface area contributed by atoms with E-state index in [0.29, 0.717) is 6.61 Å². The predicted molar refractivity (Wildman–Crippen MR) is 57.5 cm³/mol. The lowest BCUT2D eigenvalue weighted by molar-refractivity contribution is -0.0150. The molecule has 0 heterocycles. The van der Waals surface area contributed by atoms with E-state index in [2.05, 4.69) is 0 Å². The van der Waals surface area contributed by atoms with E-state index in [1.54, 1.807) is 7.11 Å². The van der Waals surface area contributed by atoms with Crippen LogP contribution < -0.4 is 4.74 Å². The van der Waals surface area contributed by atoms with Gasteiger partial charge in [0.1, 0.15) is 5.75 Å². The average molecular weight is 194 g/mol. The highest BCUT2D eigenvalue weighted by atomic mass is 16.5. The van der Waals surface area contributed by atoms with Gasteiger partial charge in [-0.25, -0.2) is 0 Å². The quantitative estimate of drug-likeness (QED) is 0.736. The summed E-state index contributed by atoms with van der Waals surface area (Å²) in [6, 6.07) is 7.93. The fourth-order valence-electron chi connectivity index (χ4n) is 1.06. The van der Waals surface area contributed by atoms with Crippen LogP contribution in [-0.4, -0.2) is 12.7 Å². The van der Waals surface area contributed by atoms with Crippen molar-refractivity contribution in [1.29, 1.82) is 0 Å². The lowest BCUT2D eigenvalue weighted by Crippen LogP contribution is -2.18. The second-order valence-electron chi connectivity index (χ2n) is 4.25. The standard InChI is InChI=1S/C12H18O2/c1-12(2,3)14-9-10-6-5-7-11(8-10)13-4/h5-8H,9H2,1-4H3. The van der Waals surface area contributed by atoms with E-state index in [0.717, 1.165) is 11.3 Å². The van der Waals surface area contributed by atoms with Crippen LogP contribution in [0.4, 0.5) is 0 Å². The lowest BCUT2D eigenvalue weighted by atomic mass is 10.2. The van der Waals surface area contributed by atoms with Gasteiger partial charge < -0.3 is 9.47 Å². The average Bonchev–Trinajstić information content (AvgIpc) is 2.14. The summed E-state index contributed by atoms with van der Waals surface area (Å²) in [5.74, 6) is 0.875. The molecule has 0 saturated heterocycles. The van der Waals surface area contributed by atoms with Crippen molar-refractivity contribution in [3.8, 4) is 5.75 Å². The molecule has 0 aromatic heterocycles. The zero-order valence-corrected chi connectivity index (χ0v) is 9.33. The SMILES string of the molecule is COc1cccc(COC(C)(C)C)c1. The topological polar surface area (TPSA) is 18.5 Å². The van der Waals surface area contributed by atoms with Crippen molar-refractivity contribution in [2.45, 2.75) is 33.0 Å². The fraction of sp³-hybridized carbons (Fsp3) is 0.500. The Morgan fingerprint density at radius 2 is 1.93 bits per heavy atom. The van der Waals surface area contributed by atoms with E-state index >= 15 is 0 Å². The van der Waals surface area contributed by atoms with Crippen LogP contribution in [0.3, 0.4) is 0 Å². The summed E-state index contributed by atoms with van der Waals surface area (Å²) in [7, 11) is 1.67. The first-order valence-electron chi connectivity index (χ1n) is 4.78. The molecule has 0 aliphatic carbocycles. The first-order chi connectivity index (χ1) is 6.51. The number of rotatable bonds is 3. The van der Waals surface area contributed by atoms with Gasteiger partial charge in [-0.2, -0.15) is 0 Å². The van der Waals surface area contributed by atoms with E-state index in [-0.39, 0.29) is 5.60 Å². The molecule has 0 atom stereocenters. The Labute approximate surface area is 85.8 Å². The predicted octanol–water partition coefficient (Wildman–Crippen LogP) is 3.01. The molecule has 1 rings (SSSR count). The Kier molecular flexibility index (Phi) is 3.53. The summed E-state index contributed by atoms with van der Waals surface area (Å²) in [6.45, 7) is 6.77. The molecular formula is C12H18O2. The lowest BCUT2D eigenvalue weighted by Gasteiger charge is -2.19. The summed E-state index contributed by atoms with van der Waals surface area (Å²) in [6.07, 6.45) is 0. The Morgan fingerprint density at radius 3 is 2.50 bits per heavy atom. The maximum absolute atomic E-state index is 5.66. The normalized spacial score (nSPS) is 11.4. The number of hydrogen-bond acceptors (Lipinski definition) is 2. The Balaban J connectivity index is 2.59. The van der Waals surface area contributed by atoms with E-state index in [4.69, 9.17) is 9.47 Å². The van der Waals surface area contributed by atoms with Crippen molar-refractivity contribution < 1.29 is 9.47 Å². The molecule has 0 fully saturated rings. The van der Waals surface area contributed by atoms with E-state index in [1.807, 2.05) is 45.0 Å². The minimum Gasteiger partial charge on any atom is -0.497 e. The highest BCUT2D eigenvalue weighted by Crippen LogP contribution is 2.16. The summed E-state index contributed by atoms with van der Waals surface area (Å²) >= 11 is 0. The van der Waals surface area contributed by atoms with E-state index in [1.165, 1.54) is 0 Å². The van der Waals surface area contributed by atoms with Gasteiger partial charge in [0.15, 0.2) is 0 Å².